The molecule has 23 heavy (non-hydrogen) atoms. The zero-order valence-electron chi connectivity index (χ0n) is 14.5. The number of piperidine rings is 1. The third-order valence-corrected chi connectivity index (χ3v) is 3.85. The van der Waals surface area contributed by atoms with Gasteiger partial charge in [-0.2, -0.15) is 0 Å². The Hall–Kier alpha value is -1.69. The number of hydrogen-bond acceptors (Lipinski definition) is 5. The van der Waals surface area contributed by atoms with E-state index in [0.29, 0.717) is 12.5 Å². The van der Waals surface area contributed by atoms with Gasteiger partial charge in [0.25, 0.3) is 0 Å². The summed E-state index contributed by atoms with van der Waals surface area (Å²) >= 11 is 0. The molecule has 0 spiro atoms. The summed E-state index contributed by atoms with van der Waals surface area (Å²) in [5.74, 6) is 0.466. The van der Waals surface area contributed by atoms with Gasteiger partial charge in [0, 0.05) is 25.5 Å². The molecule has 1 atom stereocenters. The molecule has 0 radical (unpaired) electrons. The van der Waals surface area contributed by atoms with Crippen molar-refractivity contribution >= 4 is 6.09 Å². The minimum atomic E-state index is -0.441. The minimum Gasteiger partial charge on any atom is -0.444 e. The van der Waals surface area contributed by atoms with Crippen LogP contribution < -0.4 is 0 Å². The molecule has 2 rings (SSSR count). The molecule has 1 aliphatic rings. The number of carbonyl (C=O) groups is 1. The molecular formula is C17H27N3O3. The molecule has 1 aromatic rings. The maximum absolute atomic E-state index is 12.0. The van der Waals surface area contributed by atoms with Crippen molar-refractivity contribution in [3.63, 3.8) is 0 Å². The third kappa shape index (κ3) is 5.78. The van der Waals surface area contributed by atoms with Gasteiger partial charge < -0.3 is 14.4 Å². The van der Waals surface area contributed by atoms with Crippen LogP contribution in [0.15, 0.2) is 18.6 Å². The van der Waals surface area contributed by atoms with E-state index < -0.39 is 5.60 Å². The molecule has 0 saturated carbocycles. The van der Waals surface area contributed by atoms with Crippen LogP contribution in [0.4, 0.5) is 4.79 Å². The van der Waals surface area contributed by atoms with Crippen molar-refractivity contribution in [3.05, 3.63) is 24.3 Å². The molecule has 6 nitrogen and oxygen atoms in total. The summed E-state index contributed by atoms with van der Waals surface area (Å²) in [5, 5.41) is 0. The highest BCUT2D eigenvalue weighted by Crippen LogP contribution is 2.22. The Morgan fingerprint density at radius 2 is 2.04 bits per heavy atom. The Bertz CT molecular complexity index is 494. The van der Waals surface area contributed by atoms with E-state index in [9.17, 15) is 4.79 Å². The van der Waals surface area contributed by atoms with Crippen LogP contribution in [0.3, 0.4) is 0 Å². The van der Waals surface area contributed by atoms with Crippen LogP contribution >= 0.6 is 0 Å². The van der Waals surface area contributed by atoms with Crippen LogP contribution in [0.5, 0.6) is 0 Å². The van der Waals surface area contributed by atoms with Gasteiger partial charge in [0.1, 0.15) is 5.60 Å². The van der Waals surface area contributed by atoms with E-state index >= 15 is 0 Å². The number of aromatic nitrogens is 2. The highest BCUT2D eigenvalue weighted by Gasteiger charge is 2.27. The van der Waals surface area contributed by atoms with Crippen LogP contribution in [0.25, 0.3) is 0 Å². The summed E-state index contributed by atoms with van der Waals surface area (Å²) in [7, 11) is 0. The van der Waals surface area contributed by atoms with E-state index in [4.69, 9.17) is 9.47 Å². The molecule has 0 N–H and O–H groups in total. The second-order valence-electron chi connectivity index (χ2n) is 7.02. The number of carbonyl (C=O) groups excluding carboxylic acids is 1. The predicted octanol–water partition coefficient (Wildman–Crippen LogP) is 3.20. The second-order valence-corrected chi connectivity index (χ2v) is 7.02. The molecular weight excluding hydrogens is 294 g/mol. The Kier molecular flexibility index (Phi) is 5.93. The summed E-state index contributed by atoms with van der Waals surface area (Å²) in [6.45, 7) is 9.78. The van der Waals surface area contributed by atoms with E-state index in [0.717, 1.165) is 31.6 Å². The van der Waals surface area contributed by atoms with E-state index in [2.05, 4.69) is 9.97 Å². The van der Waals surface area contributed by atoms with Crippen molar-refractivity contribution in [2.75, 3.05) is 19.7 Å². The van der Waals surface area contributed by atoms with Crippen molar-refractivity contribution in [3.8, 4) is 0 Å². The van der Waals surface area contributed by atoms with E-state index in [1.54, 1.807) is 23.5 Å². The molecule has 0 aliphatic carbocycles. The molecule has 1 aromatic heterocycles. The predicted molar refractivity (Wildman–Crippen MR) is 86.9 cm³/mol. The summed E-state index contributed by atoms with van der Waals surface area (Å²) in [5.41, 5.74) is 0.405. The summed E-state index contributed by atoms with van der Waals surface area (Å²) in [6, 6.07) is 0. The maximum Gasteiger partial charge on any atom is 0.410 e. The Labute approximate surface area is 138 Å². The Morgan fingerprint density at radius 1 is 1.35 bits per heavy atom. The maximum atomic E-state index is 12.0. The van der Waals surface area contributed by atoms with Gasteiger partial charge in [-0.05, 0) is 46.5 Å². The van der Waals surface area contributed by atoms with E-state index in [-0.39, 0.29) is 12.2 Å². The van der Waals surface area contributed by atoms with Crippen molar-refractivity contribution in [2.45, 2.75) is 52.2 Å². The van der Waals surface area contributed by atoms with Crippen LogP contribution in [-0.2, 0) is 9.47 Å². The zero-order chi connectivity index (χ0) is 16.9. The number of likely N-dealkylation sites (tertiary alicyclic amines) is 1. The summed E-state index contributed by atoms with van der Waals surface area (Å²) < 4.78 is 11.3. The van der Waals surface area contributed by atoms with Crippen LogP contribution in [-0.4, -0.2) is 46.3 Å². The lowest BCUT2D eigenvalue weighted by Gasteiger charge is -2.33. The Morgan fingerprint density at radius 3 is 2.61 bits per heavy atom. The Balaban J connectivity index is 1.72. The molecule has 6 heteroatoms. The van der Waals surface area contributed by atoms with Gasteiger partial charge in [-0.3, -0.25) is 9.97 Å². The molecule has 2 heterocycles. The van der Waals surface area contributed by atoms with E-state index in [1.807, 2.05) is 27.7 Å². The standard InChI is InChI=1S/C17H27N3O3/c1-13(15-11-18-7-8-19-15)22-12-14-5-9-20(10-6-14)16(21)23-17(2,3)4/h7-8,11,13-14H,5-6,9-10,12H2,1-4H3/t13-/m0/s1. The van der Waals surface area contributed by atoms with Crippen LogP contribution in [0, 0.1) is 5.92 Å². The summed E-state index contributed by atoms with van der Waals surface area (Å²) in [6.07, 6.45) is 6.66. The molecule has 1 fully saturated rings. The normalized spacial score (nSPS) is 17.8. The minimum absolute atomic E-state index is 0.0624. The molecule has 0 aromatic carbocycles. The first-order valence-corrected chi connectivity index (χ1v) is 8.20. The fraction of sp³-hybridized carbons (Fsp3) is 0.706. The van der Waals surface area contributed by atoms with Crippen molar-refractivity contribution in [1.29, 1.82) is 0 Å². The number of ether oxygens (including phenoxy) is 2. The first-order valence-electron chi connectivity index (χ1n) is 8.20. The fourth-order valence-corrected chi connectivity index (χ4v) is 2.50. The fourth-order valence-electron chi connectivity index (χ4n) is 2.50. The second kappa shape index (κ2) is 7.73. The van der Waals surface area contributed by atoms with Crippen LogP contribution in [0.1, 0.15) is 52.3 Å². The monoisotopic (exact) mass is 321 g/mol. The topological polar surface area (TPSA) is 64.5 Å². The van der Waals surface area contributed by atoms with Gasteiger partial charge >= 0.3 is 6.09 Å². The first kappa shape index (κ1) is 17.7. The number of hydrogen-bond donors (Lipinski definition) is 0. The average molecular weight is 321 g/mol. The highest BCUT2D eigenvalue weighted by molar-refractivity contribution is 5.68. The summed E-state index contributed by atoms with van der Waals surface area (Å²) in [4.78, 5) is 22.1. The average Bonchev–Trinajstić information content (AvgIpc) is 2.52. The lowest BCUT2D eigenvalue weighted by molar-refractivity contribution is 0.000524. The highest BCUT2D eigenvalue weighted by atomic mass is 16.6. The number of rotatable bonds is 4. The van der Waals surface area contributed by atoms with Crippen molar-refractivity contribution in [2.24, 2.45) is 5.92 Å². The zero-order valence-corrected chi connectivity index (χ0v) is 14.5. The van der Waals surface area contributed by atoms with E-state index in [1.165, 1.54) is 0 Å². The largest absolute Gasteiger partial charge is 0.444 e. The smallest absolute Gasteiger partial charge is 0.410 e. The molecule has 0 unspecified atom stereocenters. The third-order valence-electron chi connectivity index (χ3n) is 3.85. The van der Waals surface area contributed by atoms with Crippen molar-refractivity contribution < 1.29 is 14.3 Å². The molecule has 1 amide bonds. The van der Waals surface area contributed by atoms with Gasteiger partial charge in [0.05, 0.1) is 24.6 Å². The van der Waals surface area contributed by atoms with Crippen LogP contribution in [0.2, 0.25) is 0 Å². The first-order chi connectivity index (χ1) is 10.8. The van der Waals surface area contributed by atoms with Gasteiger partial charge in [-0.15, -0.1) is 0 Å². The van der Waals surface area contributed by atoms with Gasteiger partial charge in [0.2, 0.25) is 0 Å². The molecule has 1 aliphatic heterocycles. The SMILES string of the molecule is C[C@H](OCC1CCN(C(=O)OC(C)(C)C)CC1)c1cnccn1. The molecule has 0 bridgehead atoms. The van der Waals surface area contributed by atoms with Gasteiger partial charge in [0.15, 0.2) is 0 Å². The number of nitrogens with zero attached hydrogens (tertiary/aromatic N) is 3. The van der Waals surface area contributed by atoms with Gasteiger partial charge in [-0.25, -0.2) is 4.79 Å². The molecule has 1 saturated heterocycles. The molecule has 128 valence electrons. The van der Waals surface area contributed by atoms with Crippen molar-refractivity contribution in [1.82, 2.24) is 14.9 Å². The van der Waals surface area contributed by atoms with Gasteiger partial charge in [-0.1, -0.05) is 0 Å². The lowest BCUT2D eigenvalue weighted by Crippen LogP contribution is -2.42. The lowest BCUT2D eigenvalue weighted by atomic mass is 9.98. The quantitative estimate of drug-likeness (QED) is 0.852. The number of amides is 1.